The monoisotopic (exact) mass is 478 g/mol. The fourth-order valence-electron chi connectivity index (χ4n) is 3.28. The van der Waals surface area contributed by atoms with Gasteiger partial charge in [-0.15, -0.1) is 11.8 Å². The van der Waals surface area contributed by atoms with E-state index in [-0.39, 0.29) is 33.0 Å². The lowest BCUT2D eigenvalue weighted by atomic mass is 10.0. The molecule has 164 valence electrons. The maximum Gasteiger partial charge on any atom is 0.273 e. The number of hydrazine groups is 1. The molecule has 0 spiro atoms. The van der Waals surface area contributed by atoms with Crippen molar-refractivity contribution >= 4 is 35.2 Å². The van der Waals surface area contributed by atoms with Crippen LogP contribution < -0.4 is 5.43 Å². The zero-order valence-electron chi connectivity index (χ0n) is 16.1. The number of phenols is 1. The Bertz CT molecular complexity index is 1220. The Morgan fingerprint density at radius 2 is 1.88 bits per heavy atom. The molecule has 0 bridgehead atoms. The first-order chi connectivity index (χ1) is 15.3. The Balaban J connectivity index is 1.65. The number of carbonyl (C=O) groups excluding carboxylic acids is 2. The van der Waals surface area contributed by atoms with E-state index >= 15 is 0 Å². The highest BCUT2D eigenvalue weighted by Crippen LogP contribution is 2.41. The minimum atomic E-state index is -0.917. The van der Waals surface area contributed by atoms with Crippen molar-refractivity contribution in [2.75, 3.05) is 5.75 Å². The molecule has 1 heterocycles. The van der Waals surface area contributed by atoms with Crippen molar-refractivity contribution in [3.63, 3.8) is 0 Å². The number of thioether (sulfide) groups is 1. The van der Waals surface area contributed by atoms with Gasteiger partial charge < -0.3 is 5.11 Å². The Hall–Kier alpha value is -3.17. The fraction of sp³-hybridized carbons (Fsp3) is 0.0909. The van der Waals surface area contributed by atoms with Crippen LogP contribution in [0.1, 0.15) is 21.3 Å². The van der Waals surface area contributed by atoms with Crippen LogP contribution in [-0.2, 0) is 4.79 Å². The van der Waals surface area contributed by atoms with Crippen molar-refractivity contribution in [3.05, 3.63) is 88.2 Å². The highest BCUT2D eigenvalue weighted by molar-refractivity contribution is 8.00. The van der Waals surface area contributed by atoms with E-state index in [0.717, 1.165) is 22.8 Å². The van der Waals surface area contributed by atoms with Gasteiger partial charge in [-0.25, -0.2) is 18.2 Å². The lowest BCUT2D eigenvalue weighted by molar-refractivity contribution is -0.130. The summed E-state index contributed by atoms with van der Waals surface area (Å²) in [7, 11) is 0. The third-order valence-corrected chi connectivity index (χ3v) is 6.33. The summed E-state index contributed by atoms with van der Waals surface area (Å²) in [5.74, 6) is -4.06. The third-order valence-electron chi connectivity index (χ3n) is 4.82. The van der Waals surface area contributed by atoms with E-state index in [1.165, 1.54) is 42.5 Å². The molecule has 5 nitrogen and oxygen atoms in total. The summed E-state index contributed by atoms with van der Waals surface area (Å²) >= 11 is 7.18. The van der Waals surface area contributed by atoms with Crippen molar-refractivity contribution in [2.24, 2.45) is 0 Å². The molecule has 0 radical (unpaired) electrons. The molecule has 0 aliphatic carbocycles. The van der Waals surface area contributed by atoms with Crippen molar-refractivity contribution in [3.8, 4) is 16.9 Å². The molecule has 2 N–H and O–H groups in total. The van der Waals surface area contributed by atoms with Gasteiger partial charge >= 0.3 is 0 Å². The van der Waals surface area contributed by atoms with E-state index in [1.54, 1.807) is 0 Å². The number of hydrogen-bond acceptors (Lipinski definition) is 4. The largest absolute Gasteiger partial charge is 0.507 e. The smallest absolute Gasteiger partial charge is 0.273 e. The zero-order valence-corrected chi connectivity index (χ0v) is 17.7. The molecule has 1 atom stereocenters. The number of benzene rings is 3. The van der Waals surface area contributed by atoms with Crippen molar-refractivity contribution in [1.82, 2.24) is 10.4 Å². The van der Waals surface area contributed by atoms with Gasteiger partial charge in [0.15, 0.2) is 0 Å². The molecular formula is C22H14ClF3N2O3S. The number of halogens is 4. The molecule has 4 rings (SSSR count). The summed E-state index contributed by atoms with van der Waals surface area (Å²) in [6.07, 6.45) is 0. The number of carbonyl (C=O) groups is 2. The average molecular weight is 479 g/mol. The Labute approximate surface area is 189 Å². The average Bonchev–Trinajstić information content (AvgIpc) is 3.08. The van der Waals surface area contributed by atoms with Gasteiger partial charge in [0.25, 0.3) is 11.8 Å². The maximum absolute atomic E-state index is 14.4. The number of hydrogen-bond donors (Lipinski definition) is 2. The molecule has 0 saturated carbocycles. The second-order valence-corrected chi connectivity index (χ2v) is 8.34. The van der Waals surface area contributed by atoms with E-state index in [9.17, 15) is 27.9 Å². The summed E-state index contributed by atoms with van der Waals surface area (Å²) < 4.78 is 41.8. The van der Waals surface area contributed by atoms with Crippen LogP contribution >= 0.6 is 23.4 Å². The number of amides is 2. The summed E-state index contributed by atoms with van der Waals surface area (Å²) in [5.41, 5.74) is 2.39. The van der Waals surface area contributed by atoms with Gasteiger partial charge in [0.2, 0.25) is 0 Å². The Kier molecular flexibility index (Phi) is 6.03. The second kappa shape index (κ2) is 8.76. The van der Waals surface area contributed by atoms with Crippen LogP contribution in [-0.4, -0.2) is 27.7 Å². The minimum absolute atomic E-state index is 0.0178. The van der Waals surface area contributed by atoms with Gasteiger partial charge in [0, 0.05) is 22.2 Å². The molecule has 0 aromatic heterocycles. The molecular weight excluding hydrogens is 465 g/mol. The van der Waals surface area contributed by atoms with E-state index in [2.05, 4.69) is 5.43 Å². The molecule has 1 aliphatic rings. The normalized spacial score (nSPS) is 15.8. The highest BCUT2D eigenvalue weighted by atomic mass is 35.5. The summed E-state index contributed by atoms with van der Waals surface area (Å²) in [4.78, 5) is 25.3. The Morgan fingerprint density at radius 1 is 1.09 bits per heavy atom. The second-order valence-electron chi connectivity index (χ2n) is 6.86. The fourth-order valence-corrected chi connectivity index (χ4v) is 4.78. The molecule has 1 aliphatic heterocycles. The maximum atomic E-state index is 14.4. The van der Waals surface area contributed by atoms with Gasteiger partial charge in [0.05, 0.1) is 11.3 Å². The van der Waals surface area contributed by atoms with E-state index < -0.39 is 40.4 Å². The minimum Gasteiger partial charge on any atom is -0.507 e. The molecule has 3 aromatic carbocycles. The SMILES string of the molecule is O=C(NN1C(=O)CSC1c1c(F)cccc1Cl)c1cc(-c2ccc(F)cc2F)ccc1O. The zero-order chi connectivity index (χ0) is 23.0. The van der Waals surface area contributed by atoms with Gasteiger partial charge in [-0.2, -0.15) is 0 Å². The van der Waals surface area contributed by atoms with Crippen LogP contribution in [0.3, 0.4) is 0 Å². The molecule has 3 aromatic rings. The number of phenolic OH excluding ortho intramolecular Hbond substituents is 1. The molecule has 32 heavy (non-hydrogen) atoms. The Morgan fingerprint density at radius 3 is 2.59 bits per heavy atom. The number of rotatable bonds is 4. The van der Waals surface area contributed by atoms with Crippen LogP contribution in [0.4, 0.5) is 13.2 Å². The first kappa shape index (κ1) is 22.0. The highest BCUT2D eigenvalue weighted by Gasteiger charge is 2.37. The van der Waals surface area contributed by atoms with E-state index in [0.29, 0.717) is 6.07 Å². The van der Waals surface area contributed by atoms with Crippen molar-refractivity contribution in [1.29, 1.82) is 0 Å². The molecule has 1 fully saturated rings. The van der Waals surface area contributed by atoms with Crippen molar-refractivity contribution < 1.29 is 27.9 Å². The van der Waals surface area contributed by atoms with E-state index in [1.807, 2.05) is 0 Å². The summed E-state index contributed by atoms with van der Waals surface area (Å²) in [6, 6.07) is 10.8. The predicted octanol–water partition coefficient (Wildman–Crippen LogP) is 5.05. The van der Waals surface area contributed by atoms with Crippen molar-refractivity contribution in [2.45, 2.75) is 5.37 Å². The van der Waals surface area contributed by atoms with E-state index in [4.69, 9.17) is 11.6 Å². The number of aromatic hydroxyl groups is 1. The third kappa shape index (κ3) is 4.13. The lowest BCUT2D eigenvalue weighted by Gasteiger charge is -2.25. The van der Waals surface area contributed by atoms with Gasteiger partial charge in [-0.3, -0.25) is 15.0 Å². The van der Waals surface area contributed by atoms with Crippen LogP contribution in [0.5, 0.6) is 5.75 Å². The lowest BCUT2D eigenvalue weighted by Crippen LogP contribution is -2.44. The topological polar surface area (TPSA) is 69.6 Å². The molecule has 2 amide bonds. The number of nitrogens with zero attached hydrogens (tertiary/aromatic N) is 1. The van der Waals surface area contributed by atoms with Crippen LogP contribution in [0.25, 0.3) is 11.1 Å². The first-order valence-electron chi connectivity index (χ1n) is 9.23. The standard InChI is InChI=1S/C22H14ClF3N2O3S/c23-15-2-1-3-16(25)20(15)22-28(19(30)10-32-22)27-21(31)14-8-11(4-7-18(14)29)13-6-5-12(24)9-17(13)26/h1-9,22,29H,10H2,(H,27,31). The quantitative estimate of drug-likeness (QED) is 0.550. The predicted molar refractivity (Wildman–Crippen MR) is 114 cm³/mol. The first-order valence-corrected chi connectivity index (χ1v) is 10.7. The van der Waals surface area contributed by atoms with Gasteiger partial charge in [-0.05, 0) is 42.0 Å². The van der Waals surface area contributed by atoms with Gasteiger partial charge in [0.1, 0.15) is 28.6 Å². The number of nitrogens with one attached hydrogen (secondary N) is 1. The summed E-state index contributed by atoms with van der Waals surface area (Å²) in [5, 5.41) is 10.3. The molecule has 1 unspecified atom stereocenters. The van der Waals surface area contributed by atoms with Crippen LogP contribution in [0.15, 0.2) is 54.6 Å². The molecule has 10 heteroatoms. The summed E-state index contributed by atoms with van der Waals surface area (Å²) in [6.45, 7) is 0. The molecule has 1 saturated heterocycles. The van der Waals surface area contributed by atoms with Crippen LogP contribution in [0.2, 0.25) is 5.02 Å². The van der Waals surface area contributed by atoms with Crippen LogP contribution in [0, 0.1) is 17.5 Å². The van der Waals surface area contributed by atoms with Gasteiger partial charge in [-0.1, -0.05) is 23.7 Å².